The first kappa shape index (κ1) is 34.1. The highest BCUT2D eigenvalue weighted by Crippen LogP contribution is 2.47. The molecular formula is C42H48Br2N2O. The van der Waals surface area contributed by atoms with Crippen LogP contribution in [-0.2, 0) is 0 Å². The number of hydrogen-bond donors (Lipinski definition) is 0. The van der Waals surface area contributed by atoms with Gasteiger partial charge in [0.15, 0.2) is 0 Å². The van der Waals surface area contributed by atoms with Crippen LogP contribution < -0.4 is 0 Å². The van der Waals surface area contributed by atoms with E-state index in [9.17, 15) is 0 Å². The van der Waals surface area contributed by atoms with Gasteiger partial charge in [-0.3, -0.25) is 0 Å². The lowest BCUT2D eigenvalue weighted by Gasteiger charge is -2.27. The van der Waals surface area contributed by atoms with Crippen molar-refractivity contribution in [1.82, 2.24) is 0 Å². The van der Waals surface area contributed by atoms with Gasteiger partial charge in [0.25, 0.3) is 0 Å². The maximum Gasteiger partial charge on any atom is 0.144 e. The van der Waals surface area contributed by atoms with Gasteiger partial charge in [-0.15, -0.1) is 0 Å². The number of furan rings is 1. The normalized spacial score (nSPS) is 17.1. The molecule has 47 heavy (non-hydrogen) atoms. The Morgan fingerprint density at radius 2 is 1.06 bits per heavy atom. The smallest absolute Gasteiger partial charge is 0.144 e. The van der Waals surface area contributed by atoms with E-state index in [4.69, 9.17) is 14.4 Å². The fourth-order valence-corrected chi connectivity index (χ4v) is 8.40. The monoisotopic (exact) mass is 754 g/mol. The Balaban J connectivity index is 1.76. The average Bonchev–Trinajstić information content (AvgIpc) is 3.49. The first-order chi connectivity index (χ1) is 22.5. The van der Waals surface area contributed by atoms with E-state index >= 15 is 0 Å². The molecule has 0 bridgehead atoms. The summed E-state index contributed by atoms with van der Waals surface area (Å²) >= 11 is 7.65. The molecule has 0 saturated heterocycles. The molecule has 6 rings (SSSR count). The molecule has 0 aliphatic heterocycles. The van der Waals surface area contributed by atoms with E-state index < -0.39 is 0 Å². The molecule has 3 aromatic carbocycles. The van der Waals surface area contributed by atoms with Gasteiger partial charge in [-0.25, -0.2) is 9.98 Å². The van der Waals surface area contributed by atoms with Crippen molar-refractivity contribution < 1.29 is 4.42 Å². The lowest BCUT2D eigenvalue weighted by molar-refractivity contribution is 0.439. The third-order valence-electron chi connectivity index (χ3n) is 9.95. The standard InChI is InChI=1S/C42H48Br2N2O/c1-23(2)32-18-28(43)19-33(24(3)4)38(32)45-40-30-16-12-13-17-31(30)42-37(36(22-47-42)27-14-10-9-11-15-27)41(40)46-39-34(25(5)6)20-29(44)21-35(39)26(7)8/h12-13,16-27H,9-11,14-15H2,1-8H3/b45-40+,46-41+. The van der Waals surface area contributed by atoms with Gasteiger partial charge in [0.05, 0.1) is 28.9 Å². The molecule has 0 N–H and O–H groups in total. The molecule has 1 heterocycles. The molecule has 1 saturated carbocycles. The van der Waals surface area contributed by atoms with Crippen molar-refractivity contribution in [3.8, 4) is 11.3 Å². The van der Waals surface area contributed by atoms with Crippen LogP contribution in [0.25, 0.3) is 11.3 Å². The van der Waals surface area contributed by atoms with Crippen molar-refractivity contribution in [3.63, 3.8) is 0 Å². The molecular weight excluding hydrogens is 708 g/mol. The second kappa shape index (κ2) is 14.0. The Hall–Kier alpha value is -2.76. The van der Waals surface area contributed by atoms with Crippen LogP contribution in [-0.4, -0.2) is 11.4 Å². The van der Waals surface area contributed by atoms with E-state index in [1.807, 2.05) is 6.26 Å². The third-order valence-corrected chi connectivity index (χ3v) is 10.9. The van der Waals surface area contributed by atoms with Crippen LogP contribution in [0.5, 0.6) is 0 Å². The number of halogens is 2. The largest absolute Gasteiger partial charge is 0.463 e. The predicted octanol–water partition coefficient (Wildman–Crippen LogP) is 14.3. The molecule has 3 nitrogen and oxygen atoms in total. The van der Waals surface area contributed by atoms with Gasteiger partial charge >= 0.3 is 0 Å². The molecule has 0 spiro atoms. The Labute approximate surface area is 298 Å². The van der Waals surface area contributed by atoms with Crippen molar-refractivity contribution in [2.24, 2.45) is 9.98 Å². The highest BCUT2D eigenvalue weighted by Gasteiger charge is 2.36. The molecule has 0 unspecified atom stereocenters. The van der Waals surface area contributed by atoms with Gasteiger partial charge in [0, 0.05) is 25.6 Å². The summed E-state index contributed by atoms with van der Waals surface area (Å²) in [5.41, 5.74) is 13.6. The molecule has 5 heteroatoms. The quantitative estimate of drug-likeness (QED) is 0.185. The maximum atomic E-state index is 6.60. The molecule has 246 valence electrons. The summed E-state index contributed by atoms with van der Waals surface area (Å²) in [7, 11) is 0. The minimum atomic E-state index is 0.300. The topological polar surface area (TPSA) is 37.9 Å². The number of benzene rings is 3. The maximum absolute atomic E-state index is 6.60. The number of aliphatic imine (C=N–C) groups is 2. The zero-order valence-corrected chi connectivity index (χ0v) is 32.3. The Morgan fingerprint density at radius 1 is 0.617 bits per heavy atom. The molecule has 2 aliphatic rings. The van der Waals surface area contributed by atoms with Gasteiger partial charge in [-0.2, -0.15) is 0 Å². The van der Waals surface area contributed by atoms with Gasteiger partial charge < -0.3 is 4.42 Å². The molecule has 1 fully saturated rings. The minimum Gasteiger partial charge on any atom is -0.463 e. The number of rotatable bonds is 7. The summed E-state index contributed by atoms with van der Waals surface area (Å²) in [6, 6.07) is 17.6. The van der Waals surface area contributed by atoms with E-state index in [1.54, 1.807) is 0 Å². The van der Waals surface area contributed by atoms with Crippen LogP contribution in [0, 0.1) is 0 Å². The predicted molar refractivity (Wildman–Crippen MR) is 207 cm³/mol. The SMILES string of the molecule is CC(C)c1cc(Br)cc(C(C)C)c1/N=C1/C(=N/c2c(C(C)C)cc(Br)cc2C(C)C)c2c(C3CCCCC3)coc2-c2ccccc21. The third kappa shape index (κ3) is 6.64. The number of fused-ring (bicyclic) bond motifs is 3. The summed E-state index contributed by atoms with van der Waals surface area (Å²) in [5, 5.41) is 0. The minimum absolute atomic E-state index is 0.300. The molecule has 0 radical (unpaired) electrons. The van der Waals surface area contributed by atoms with E-state index in [1.165, 1.54) is 59.9 Å². The van der Waals surface area contributed by atoms with Gasteiger partial charge in [0.1, 0.15) is 11.5 Å². The fourth-order valence-electron chi connectivity index (χ4n) is 7.41. The Kier molecular flexibility index (Phi) is 10.2. The summed E-state index contributed by atoms with van der Waals surface area (Å²) in [6.07, 6.45) is 8.23. The average molecular weight is 757 g/mol. The van der Waals surface area contributed by atoms with Crippen LogP contribution in [0.3, 0.4) is 0 Å². The van der Waals surface area contributed by atoms with Crippen LogP contribution in [0.15, 0.2) is 78.1 Å². The fraction of sp³-hybridized carbons (Fsp3) is 0.429. The van der Waals surface area contributed by atoms with E-state index in [-0.39, 0.29) is 0 Å². The Bertz CT molecular complexity index is 1790. The van der Waals surface area contributed by atoms with E-state index in [0.29, 0.717) is 29.6 Å². The summed E-state index contributed by atoms with van der Waals surface area (Å²) in [6.45, 7) is 18.1. The summed E-state index contributed by atoms with van der Waals surface area (Å²) in [4.78, 5) is 11.6. The highest BCUT2D eigenvalue weighted by molar-refractivity contribution is 9.10. The summed E-state index contributed by atoms with van der Waals surface area (Å²) in [5.74, 6) is 2.59. The second-order valence-electron chi connectivity index (χ2n) is 14.7. The highest BCUT2D eigenvalue weighted by atomic mass is 79.9. The van der Waals surface area contributed by atoms with Crippen LogP contribution in [0.2, 0.25) is 0 Å². The lowest BCUT2D eigenvalue weighted by Crippen LogP contribution is -2.25. The van der Waals surface area contributed by atoms with Gasteiger partial charge in [-0.1, -0.05) is 131 Å². The van der Waals surface area contributed by atoms with Crippen molar-refractivity contribution >= 4 is 54.7 Å². The van der Waals surface area contributed by atoms with Crippen molar-refractivity contribution in [3.05, 3.63) is 103 Å². The van der Waals surface area contributed by atoms with Crippen molar-refractivity contribution in [2.75, 3.05) is 0 Å². The first-order valence-corrected chi connectivity index (χ1v) is 19.1. The molecule has 1 aromatic heterocycles. The molecule has 2 aliphatic carbocycles. The lowest BCUT2D eigenvalue weighted by atomic mass is 9.78. The van der Waals surface area contributed by atoms with Crippen LogP contribution in [0.4, 0.5) is 11.4 Å². The first-order valence-electron chi connectivity index (χ1n) is 17.5. The van der Waals surface area contributed by atoms with Crippen molar-refractivity contribution in [2.45, 2.75) is 117 Å². The molecule has 0 amide bonds. The summed E-state index contributed by atoms with van der Waals surface area (Å²) < 4.78 is 8.80. The molecule has 4 aromatic rings. The van der Waals surface area contributed by atoms with E-state index in [2.05, 4.69) is 136 Å². The van der Waals surface area contributed by atoms with Crippen molar-refractivity contribution in [1.29, 1.82) is 0 Å². The van der Waals surface area contributed by atoms with E-state index in [0.717, 1.165) is 54.2 Å². The zero-order valence-electron chi connectivity index (χ0n) is 29.2. The van der Waals surface area contributed by atoms with Gasteiger partial charge in [0.2, 0.25) is 0 Å². The second-order valence-corrected chi connectivity index (χ2v) is 16.5. The van der Waals surface area contributed by atoms with Gasteiger partial charge in [-0.05, 0) is 89.0 Å². The van der Waals surface area contributed by atoms with Crippen LogP contribution in [0.1, 0.15) is 156 Å². The zero-order chi connectivity index (χ0) is 33.6. The van der Waals surface area contributed by atoms with Crippen LogP contribution >= 0.6 is 31.9 Å². The number of hydrogen-bond acceptors (Lipinski definition) is 3. The number of nitrogens with zero attached hydrogens (tertiary/aromatic N) is 2. The Morgan fingerprint density at radius 3 is 1.53 bits per heavy atom. The molecule has 0 atom stereocenters.